The zero-order chi connectivity index (χ0) is 13.7. The van der Waals surface area contributed by atoms with Crippen molar-refractivity contribution in [1.82, 2.24) is 4.98 Å². The first-order valence-electron chi connectivity index (χ1n) is 5.31. The summed E-state index contributed by atoms with van der Waals surface area (Å²) in [5.41, 5.74) is 3.56. The van der Waals surface area contributed by atoms with Gasteiger partial charge in [-0.2, -0.15) is 5.10 Å². The van der Waals surface area contributed by atoms with Crippen LogP contribution in [-0.4, -0.2) is 16.1 Å². The summed E-state index contributed by atoms with van der Waals surface area (Å²) in [6, 6.07) is 10.5. The van der Waals surface area contributed by atoms with E-state index in [9.17, 15) is 10.1 Å². The van der Waals surface area contributed by atoms with E-state index in [1.165, 1.54) is 18.3 Å². The molecule has 1 aromatic heterocycles. The van der Waals surface area contributed by atoms with E-state index in [1.807, 2.05) is 24.3 Å². The van der Waals surface area contributed by atoms with Crippen LogP contribution in [0.1, 0.15) is 5.56 Å². The highest BCUT2D eigenvalue weighted by molar-refractivity contribution is 9.10. The van der Waals surface area contributed by atoms with Crippen LogP contribution in [0, 0.1) is 10.1 Å². The van der Waals surface area contributed by atoms with Crippen LogP contribution in [0.3, 0.4) is 0 Å². The number of nitro groups is 1. The van der Waals surface area contributed by atoms with Gasteiger partial charge in [-0.25, -0.2) is 4.98 Å². The third-order valence-electron chi connectivity index (χ3n) is 2.25. The van der Waals surface area contributed by atoms with Gasteiger partial charge < -0.3 is 0 Å². The zero-order valence-corrected chi connectivity index (χ0v) is 11.2. The average Bonchev–Trinajstić information content (AvgIpc) is 2.41. The van der Waals surface area contributed by atoms with Crippen LogP contribution in [0.15, 0.2) is 52.2 Å². The second kappa shape index (κ2) is 6.05. The molecule has 19 heavy (non-hydrogen) atoms. The first kappa shape index (κ1) is 13.2. The smallest absolute Gasteiger partial charge is 0.261 e. The maximum absolute atomic E-state index is 10.5. The number of halogens is 1. The summed E-state index contributed by atoms with van der Waals surface area (Å²) in [6.45, 7) is 0. The lowest BCUT2D eigenvalue weighted by molar-refractivity contribution is -0.385. The predicted octanol–water partition coefficient (Wildman–Crippen LogP) is 3.20. The Morgan fingerprint density at radius 1 is 1.32 bits per heavy atom. The summed E-state index contributed by atoms with van der Waals surface area (Å²) in [5, 5.41) is 14.5. The summed E-state index contributed by atoms with van der Waals surface area (Å²) < 4.78 is 0.928. The molecule has 2 rings (SSSR count). The molecule has 0 radical (unpaired) electrons. The van der Waals surface area contributed by atoms with Crippen molar-refractivity contribution in [3.63, 3.8) is 0 Å². The van der Waals surface area contributed by atoms with Crippen LogP contribution >= 0.6 is 15.9 Å². The van der Waals surface area contributed by atoms with E-state index in [1.54, 1.807) is 6.21 Å². The zero-order valence-electron chi connectivity index (χ0n) is 9.65. The van der Waals surface area contributed by atoms with Crippen molar-refractivity contribution in [1.29, 1.82) is 0 Å². The molecular formula is C12H9BrN4O2. The van der Waals surface area contributed by atoms with Crippen LogP contribution in [-0.2, 0) is 0 Å². The third-order valence-corrected chi connectivity index (χ3v) is 2.97. The normalized spacial score (nSPS) is 10.6. The number of hydrogen-bond acceptors (Lipinski definition) is 5. The van der Waals surface area contributed by atoms with Crippen LogP contribution in [0.4, 0.5) is 11.5 Å². The summed E-state index contributed by atoms with van der Waals surface area (Å²) in [4.78, 5) is 13.8. The van der Waals surface area contributed by atoms with Gasteiger partial charge in [0.05, 0.1) is 11.1 Å². The van der Waals surface area contributed by atoms with Gasteiger partial charge in [-0.05, 0) is 12.1 Å². The highest BCUT2D eigenvalue weighted by Crippen LogP contribution is 2.14. The molecule has 0 spiro atoms. The van der Waals surface area contributed by atoms with E-state index < -0.39 is 4.92 Å². The van der Waals surface area contributed by atoms with Crippen LogP contribution in [0.2, 0.25) is 0 Å². The minimum atomic E-state index is -0.499. The van der Waals surface area contributed by atoms with Crippen LogP contribution in [0.5, 0.6) is 0 Å². The van der Waals surface area contributed by atoms with Crippen LogP contribution < -0.4 is 5.43 Å². The Hall–Kier alpha value is -2.28. The Morgan fingerprint density at radius 2 is 2.11 bits per heavy atom. The minimum Gasteiger partial charge on any atom is -0.261 e. The summed E-state index contributed by atoms with van der Waals surface area (Å²) in [5.74, 6) is 0.439. The number of aromatic nitrogens is 1. The molecule has 0 unspecified atom stereocenters. The third kappa shape index (κ3) is 3.59. The fourth-order valence-electron chi connectivity index (χ4n) is 1.31. The fraction of sp³-hybridized carbons (Fsp3) is 0. The topological polar surface area (TPSA) is 80.4 Å². The molecule has 0 amide bonds. The van der Waals surface area contributed by atoms with Crippen molar-refractivity contribution in [3.8, 4) is 0 Å². The molecule has 2 aromatic rings. The number of hydrogen-bond donors (Lipinski definition) is 1. The van der Waals surface area contributed by atoms with Crippen molar-refractivity contribution in [2.45, 2.75) is 0 Å². The van der Waals surface area contributed by atoms with E-state index >= 15 is 0 Å². The van der Waals surface area contributed by atoms with E-state index in [0.29, 0.717) is 5.82 Å². The number of anilines is 1. The lowest BCUT2D eigenvalue weighted by Gasteiger charge is -1.99. The molecule has 7 heteroatoms. The Kier molecular flexibility index (Phi) is 4.19. The average molecular weight is 321 g/mol. The maximum Gasteiger partial charge on any atom is 0.287 e. The van der Waals surface area contributed by atoms with Crippen molar-refractivity contribution in [2.75, 3.05) is 5.43 Å². The number of pyridine rings is 1. The highest BCUT2D eigenvalue weighted by atomic mass is 79.9. The number of rotatable bonds is 4. The first-order chi connectivity index (χ1) is 9.16. The molecule has 96 valence electrons. The molecular weight excluding hydrogens is 312 g/mol. The number of benzene rings is 1. The minimum absolute atomic E-state index is 0.0552. The van der Waals surface area contributed by atoms with Crippen molar-refractivity contribution in [3.05, 3.63) is 62.7 Å². The van der Waals surface area contributed by atoms with E-state index in [0.717, 1.165) is 10.0 Å². The monoisotopic (exact) mass is 320 g/mol. The van der Waals surface area contributed by atoms with Gasteiger partial charge in [-0.1, -0.05) is 34.1 Å². The number of nitrogens with one attached hydrogen (secondary N) is 1. The molecule has 0 aliphatic rings. The second-order valence-corrected chi connectivity index (χ2v) is 4.40. The summed E-state index contributed by atoms with van der Waals surface area (Å²) >= 11 is 3.40. The molecule has 1 aromatic carbocycles. The van der Waals surface area contributed by atoms with Gasteiger partial charge in [0.25, 0.3) is 5.69 Å². The standard InChI is InChI=1S/C12H9BrN4O2/c13-11-4-2-1-3-9(11)7-15-16-12-6-5-10(8-14-12)17(18)19/h1-8H,(H,14,16). The first-order valence-corrected chi connectivity index (χ1v) is 6.10. The quantitative estimate of drug-likeness (QED) is 0.533. The van der Waals surface area contributed by atoms with Gasteiger partial charge in [0, 0.05) is 16.1 Å². The van der Waals surface area contributed by atoms with E-state index in [-0.39, 0.29) is 5.69 Å². The summed E-state index contributed by atoms with van der Waals surface area (Å²) in [7, 11) is 0. The lowest BCUT2D eigenvalue weighted by atomic mass is 10.2. The summed E-state index contributed by atoms with van der Waals surface area (Å²) in [6.07, 6.45) is 2.81. The van der Waals surface area contributed by atoms with Gasteiger partial charge in [-0.3, -0.25) is 15.5 Å². The fourth-order valence-corrected chi connectivity index (χ4v) is 1.70. The van der Waals surface area contributed by atoms with Crippen molar-refractivity contribution in [2.24, 2.45) is 5.10 Å². The Balaban J connectivity index is 2.03. The molecule has 0 aliphatic heterocycles. The molecule has 0 saturated carbocycles. The number of nitrogens with zero attached hydrogens (tertiary/aromatic N) is 3. The lowest BCUT2D eigenvalue weighted by Crippen LogP contribution is -1.95. The molecule has 0 aliphatic carbocycles. The molecule has 6 nitrogen and oxygen atoms in total. The largest absolute Gasteiger partial charge is 0.287 e. The van der Waals surface area contributed by atoms with E-state index in [4.69, 9.17) is 0 Å². The van der Waals surface area contributed by atoms with Gasteiger partial charge in [0.2, 0.25) is 0 Å². The predicted molar refractivity (Wildman–Crippen MR) is 76.3 cm³/mol. The van der Waals surface area contributed by atoms with Gasteiger partial charge >= 0.3 is 0 Å². The molecule has 0 saturated heterocycles. The van der Waals surface area contributed by atoms with Gasteiger partial charge in [0.15, 0.2) is 0 Å². The van der Waals surface area contributed by atoms with Crippen molar-refractivity contribution >= 4 is 33.6 Å². The Bertz CT molecular complexity index is 613. The van der Waals surface area contributed by atoms with Crippen LogP contribution in [0.25, 0.3) is 0 Å². The molecule has 0 bridgehead atoms. The van der Waals surface area contributed by atoms with Gasteiger partial charge in [-0.15, -0.1) is 0 Å². The van der Waals surface area contributed by atoms with E-state index in [2.05, 4.69) is 31.4 Å². The molecule has 0 atom stereocenters. The number of hydrazone groups is 1. The van der Waals surface area contributed by atoms with Gasteiger partial charge in [0.1, 0.15) is 12.0 Å². The van der Waals surface area contributed by atoms with Crippen molar-refractivity contribution < 1.29 is 4.92 Å². The second-order valence-electron chi connectivity index (χ2n) is 3.55. The SMILES string of the molecule is O=[N+]([O-])c1ccc(NN=Cc2ccccc2Br)nc1. The maximum atomic E-state index is 10.5. The Morgan fingerprint density at radius 3 is 2.74 bits per heavy atom. The molecule has 1 heterocycles. The molecule has 1 N–H and O–H groups in total. The highest BCUT2D eigenvalue weighted by Gasteiger charge is 2.04. The Labute approximate surface area is 117 Å². The molecule has 0 fully saturated rings.